The fourth-order valence-corrected chi connectivity index (χ4v) is 4.41. The topological polar surface area (TPSA) is 69.4 Å². The maximum atomic E-state index is 13.4. The van der Waals surface area contributed by atoms with E-state index in [-0.39, 0.29) is 18.2 Å². The zero-order chi connectivity index (χ0) is 24.8. The highest BCUT2D eigenvalue weighted by Crippen LogP contribution is 2.31. The zero-order valence-corrected chi connectivity index (χ0v) is 20.1. The van der Waals surface area contributed by atoms with Gasteiger partial charge in [0.15, 0.2) is 11.0 Å². The van der Waals surface area contributed by atoms with Crippen molar-refractivity contribution in [3.8, 4) is 17.1 Å². The summed E-state index contributed by atoms with van der Waals surface area (Å²) in [5.74, 6) is 0.944. The largest absolute Gasteiger partial charge is 0.496 e. The lowest BCUT2D eigenvalue weighted by atomic mass is 10.0. The summed E-state index contributed by atoms with van der Waals surface area (Å²) in [6, 6.07) is 19.4. The number of hydrogen-bond acceptors (Lipinski definition) is 6. The third kappa shape index (κ3) is 6.05. The first-order valence-electron chi connectivity index (χ1n) is 10.9. The number of aliphatic hydroxyl groups excluding tert-OH is 1. The van der Waals surface area contributed by atoms with E-state index < -0.39 is 12.2 Å². The molecule has 4 rings (SSSR count). The van der Waals surface area contributed by atoms with Crippen LogP contribution in [0.5, 0.6) is 5.75 Å². The van der Waals surface area contributed by atoms with Crippen LogP contribution < -0.4 is 4.74 Å². The van der Waals surface area contributed by atoms with Gasteiger partial charge in [0.1, 0.15) is 23.5 Å². The van der Waals surface area contributed by atoms with Crippen LogP contribution in [0.1, 0.15) is 17.2 Å². The van der Waals surface area contributed by atoms with Crippen molar-refractivity contribution in [3.63, 3.8) is 0 Å². The van der Waals surface area contributed by atoms with Gasteiger partial charge in [-0.3, -0.25) is 0 Å². The minimum absolute atomic E-state index is 0.0175. The number of halogens is 2. The number of ether oxygens (including phenoxy) is 2. The van der Waals surface area contributed by atoms with Crippen molar-refractivity contribution in [2.45, 2.75) is 17.4 Å². The van der Waals surface area contributed by atoms with Crippen molar-refractivity contribution in [1.82, 2.24) is 14.8 Å². The summed E-state index contributed by atoms with van der Waals surface area (Å²) in [7, 11) is 3.46. The maximum absolute atomic E-state index is 13.4. The highest BCUT2D eigenvalue weighted by Gasteiger charge is 2.19. The summed E-state index contributed by atoms with van der Waals surface area (Å²) < 4.78 is 40.1. The van der Waals surface area contributed by atoms with Gasteiger partial charge in [-0.05, 0) is 47.5 Å². The SMILES string of the molecule is COc1ccccc1-c1nnc(SCC(O)COC(c2ccc(F)cc2)c2ccc(F)cc2)n1C. The van der Waals surface area contributed by atoms with Crippen LogP contribution in [-0.4, -0.2) is 45.4 Å². The normalized spacial score (nSPS) is 12.2. The summed E-state index contributed by atoms with van der Waals surface area (Å²) in [6.45, 7) is 0.0175. The minimum Gasteiger partial charge on any atom is -0.496 e. The fraction of sp³-hybridized carbons (Fsp3) is 0.231. The second kappa shape index (κ2) is 11.4. The highest BCUT2D eigenvalue weighted by molar-refractivity contribution is 7.99. The second-order valence-corrected chi connectivity index (χ2v) is 8.83. The van der Waals surface area contributed by atoms with Crippen LogP contribution in [0.4, 0.5) is 8.78 Å². The van der Waals surface area contributed by atoms with E-state index in [0.717, 1.165) is 5.56 Å². The Hall–Kier alpha value is -3.27. The predicted octanol–water partition coefficient (Wildman–Crippen LogP) is 5.03. The smallest absolute Gasteiger partial charge is 0.191 e. The van der Waals surface area contributed by atoms with Crippen molar-refractivity contribution in [1.29, 1.82) is 0 Å². The standard InChI is InChI=1S/C26H25F2N3O3S/c1-31-25(22-5-3-4-6-23(22)33-2)29-30-26(31)35-16-21(32)15-34-24(17-7-11-19(27)12-8-17)18-9-13-20(28)14-10-18/h3-14,21,24,32H,15-16H2,1-2H3. The molecular formula is C26H25F2N3O3S. The summed E-state index contributed by atoms with van der Waals surface area (Å²) in [5.41, 5.74) is 2.22. The molecule has 0 spiro atoms. The van der Waals surface area contributed by atoms with E-state index in [1.54, 1.807) is 31.4 Å². The molecule has 1 N–H and O–H groups in total. The van der Waals surface area contributed by atoms with Crippen LogP contribution in [0.25, 0.3) is 11.4 Å². The van der Waals surface area contributed by atoms with Gasteiger partial charge in [0.05, 0.1) is 25.4 Å². The molecule has 3 aromatic carbocycles. The molecule has 4 aromatic rings. The average Bonchev–Trinajstić information content (AvgIpc) is 3.24. The van der Waals surface area contributed by atoms with E-state index in [1.165, 1.54) is 36.0 Å². The van der Waals surface area contributed by atoms with Crippen molar-refractivity contribution in [2.75, 3.05) is 19.5 Å². The van der Waals surface area contributed by atoms with Gasteiger partial charge in [-0.1, -0.05) is 48.2 Å². The molecule has 1 atom stereocenters. The molecule has 0 bridgehead atoms. The van der Waals surface area contributed by atoms with E-state index in [9.17, 15) is 13.9 Å². The number of nitrogens with zero attached hydrogens (tertiary/aromatic N) is 3. The predicted molar refractivity (Wildman–Crippen MR) is 130 cm³/mol. The lowest BCUT2D eigenvalue weighted by molar-refractivity contribution is 0.0154. The Labute approximate surface area is 206 Å². The van der Waals surface area contributed by atoms with Crippen LogP contribution in [0.2, 0.25) is 0 Å². The first-order chi connectivity index (χ1) is 17.0. The lowest BCUT2D eigenvalue weighted by Gasteiger charge is -2.21. The summed E-state index contributed by atoms with van der Waals surface area (Å²) in [4.78, 5) is 0. The first-order valence-corrected chi connectivity index (χ1v) is 11.9. The van der Waals surface area contributed by atoms with Gasteiger partial charge < -0.3 is 19.1 Å². The van der Waals surface area contributed by atoms with Gasteiger partial charge in [0.25, 0.3) is 0 Å². The molecule has 1 aromatic heterocycles. The van der Waals surface area contributed by atoms with Crippen molar-refractivity contribution < 1.29 is 23.4 Å². The number of thioether (sulfide) groups is 1. The van der Waals surface area contributed by atoms with Gasteiger partial charge in [-0.2, -0.15) is 0 Å². The molecule has 6 nitrogen and oxygen atoms in total. The quantitative estimate of drug-likeness (QED) is 0.310. The molecule has 35 heavy (non-hydrogen) atoms. The van der Waals surface area contributed by atoms with Gasteiger partial charge >= 0.3 is 0 Å². The van der Waals surface area contributed by atoms with Gasteiger partial charge in [-0.15, -0.1) is 10.2 Å². The Morgan fingerprint density at radius 2 is 1.51 bits per heavy atom. The van der Waals surface area contributed by atoms with Crippen molar-refractivity contribution in [3.05, 3.63) is 95.6 Å². The van der Waals surface area contributed by atoms with E-state index in [1.807, 2.05) is 35.9 Å². The minimum atomic E-state index is -0.810. The summed E-state index contributed by atoms with van der Waals surface area (Å²) >= 11 is 1.35. The third-order valence-corrected chi connectivity index (χ3v) is 6.55. The van der Waals surface area contributed by atoms with E-state index in [0.29, 0.717) is 33.6 Å². The van der Waals surface area contributed by atoms with Crippen LogP contribution in [0.3, 0.4) is 0 Å². The van der Waals surface area contributed by atoms with Crippen LogP contribution in [0.15, 0.2) is 78.0 Å². The molecular weight excluding hydrogens is 472 g/mol. The average molecular weight is 498 g/mol. The van der Waals surface area contributed by atoms with Gasteiger partial charge in [-0.25, -0.2) is 8.78 Å². The summed E-state index contributed by atoms with van der Waals surface area (Å²) in [5, 5.41) is 19.8. The number of rotatable bonds is 10. The molecule has 0 radical (unpaired) electrons. The second-order valence-electron chi connectivity index (χ2n) is 7.85. The van der Waals surface area contributed by atoms with Crippen LogP contribution in [-0.2, 0) is 11.8 Å². The molecule has 1 unspecified atom stereocenters. The molecule has 1 heterocycles. The van der Waals surface area contributed by atoms with Gasteiger partial charge in [0.2, 0.25) is 0 Å². The number of aliphatic hydroxyl groups is 1. The number of aromatic nitrogens is 3. The van der Waals surface area contributed by atoms with Crippen LogP contribution in [0, 0.1) is 11.6 Å². The molecule has 0 aliphatic heterocycles. The molecule has 182 valence electrons. The molecule has 0 aliphatic carbocycles. The highest BCUT2D eigenvalue weighted by atomic mass is 32.2. The number of para-hydroxylation sites is 1. The Morgan fingerprint density at radius 3 is 2.11 bits per heavy atom. The number of benzene rings is 3. The molecule has 0 aliphatic rings. The Kier molecular flexibility index (Phi) is 8.12. The molecule has 0 fully saturated rings. The van der Waals surface area contributed by atoms with E-state index >= 15 is 0 Å². The first kappa shape index (κ1) is 24.8. The molecule has 0 saturated heterocycles. The van der Waals surface area contributed by atoms with Gasteiger partial charge in [0, 0.05) is 12.8 Å². The molecule has 0 saturated carbocycles. The Morgan fingerprint density at radius 1 is 0.914 bits per heavy atom. The molecule has 0 amide bonds. The van der Waals surface area contributed by atoms with Crippen molar-refractivity contribution in [2.24, 2.45) is 7.05 Å². The van der Waals surface area contributed by atoms with Crippen molar-refractivity contribution >= 4 is 11.8 Å². The fourth-order valence-electron chi connectivity index (χ4n) is 3.59. The Bertz CT molecular complexity index is 1200. The zero-order valence-electron chi connectivity index (χ0n) is 19.3. The van der Waals surface area contributed by atoms with E-state index in [2.05, 4.69) is 10.2 Å². The van der Waals surface area contributed by atoms with Crippen LogP contribution >= 0.6 is 11.8 Å². The maximum Gasteiger partial charge on any atom is 0.191 e. The number of methoxy groups -OCH3 is 1. The Balaban J connectivity index is 1.41. The monoisotopic (exact) mass is 497 g/mol. The number of hydrogen-bond donors (Lipinski definition) is 1. The van der Waals surface area contributed by atoms with E-state index in [4.69, 9.17) is 9.47 Å². The lowest BCUT2D eigenvalue weighted by Crippen LogP contribution is -2.21. The molecule has 9 heteroatoms. The summed E-state index contributed by atoms with van der Waals surface area (Å²) in [6.07, 6.45) is -1.39. The third-order valence-electron chi connectivity index (χ3n) is 5.39.